The molecule has 24 heavy (non-hydrogen) atoms. The Hall–Kier alpha value is -1.44. The quantitative estimate of drug-likeness (QED) is 0.749. The summed E-state index contributed by atoms with van der Waals surface area (Å²) in [6.45, 7) is 3.69. The summed E-state index contributed by atoms with van der Waals surface area (Å²) in [6.07, 6.45) is 1.12. The van der Waals surface area contributed by atoms with E-state index in [0.717, 1.165) is 11.1 Å². The van der Waals surface area contributed by atoms with E-state index >= 15 is 0 Å². The molecule has 0 atom stereocenters. The van der Waals surface area contributed by atoms with Crippen molar-refractivity contribution in [1.82, 2.24) is 9.62 Å². The van der Waals surface area contributed by atoms with Gasteiger partial charge in [-0.1, -0.05) is 24.3 Å². The molecule has 1 aliphatic heterocycles. The minimum Gasteiger partial charge on any atom is -0.383 e. The van der Waals surface area contributed by atoms with Gasteiger partial charge >= 0.3 is 0 Å². The summed E-state index contributed by atoms with van der Waals surface area (Å²) >= 11 is 0. The number of ether oxygens (including phenoxy) is 1. The van der Waals surface area contributed by atoms with Gasteiger partial charge in [0.2, 0.25) is 15.9 Å². The van der Waals surface area contributed by atoms with Crippen molar-refractivity contribution in [3.05, 3.63) is 35.4 Å². The van der Waals surface area contributed by atoms with Crippen LogP contribution < -0.4 is 5.32 Å². The van der Waals surface area contributed by atoms with E-state index in [1.54, 1.807) is 7.11 Å². The van der Waals surface area contributed by atoms with Gasteiger partial charge in [0, 0.05) is 32.7 Å². The summed E-state index contributed by atoms with van der Waals surface area (Å²) in [5, 5.41) is 2.82. The van der Waals surface area contributed by atoms with Gasteiger partial charge in [0.25, 0.3) is 0 Å². The highest BCUT2D eigenvalue weighted by molar-refractivity contribution is 7.88. The van der Waals surface area contributed by atoms with Crippen LogP contribution in [0, 0.1) is 12.8 Å². The van der Waals surface area contributed by atoms with Crippen LogP contribution in [0.2, 0.25) is 0 Å². The fourth-order valence-corrected chi connectivity index (χ4v) is 4.54. The van der Waals surface area contributed by atoms with Crippen molar-refractivity contribution in [2.75, 3.05) is 33.4 Å². The number of aryl methyl sites for hydroxylation is 1. The monoisotopic (exact) mass is 354 g/mol. The highest BCUT2D eigenvalue weighted by atomic mass is 32.2. The Labute approximate surface area is 144 Å². The van der Waals surface area contributed by atoms with Gasteiger partial charge in [0.1, 0.15) is 0 Å². The Kier molecular flexibility index (Phi) is 6.77. The van der Waals surface area contributed by atoms with Crippen molar-refractivity contribution in [2.24, 2.45) is 5.92 Å². The number of hydrogen-bond donors (Lipinski definition) is 1. The van der Waals surface area contributed by atoms with Crippen LogP contribution in [0.15, 0.2) is 24.3 Å². The van der Waals surface area contributed by atoms with Crippen LogP contribution >= 0.6 is 0 Å². The van der Waals surface area contributed by atoms with Gasteiger partial charge in [-0.3, -0.25) is 4.79 Å². The van der Waals surface area contributed by atoms with Gasteiger partial charge in [-0.15, -0.1) is 0 Å². The zero-order valence-electron chi connectivity index (χ0n) is 14.3. The van der Waals surface area contributed by atoms with Crippen LogP contribution in [0.3, 0.4) is 0 Å². The van der Waals surface area contributed by atoms with Crippen molar-refractivity contribution in [3.63, 3.8) is 0 Å². The predicted molar refractivity (Wildman–Crippen MR) is 93.0 cm³/mol. The Morgan fingerprint density at radius 2 is 1.96 bits per heavy atom. The van der Waals surface area contributed by atoms with Crippen molar-refractivity contribution in [1.29, 1.82) is 0 Å². The normalized spacial score (nSPS) is 16.9. The number of methoxy groups -OCH3 is 1. The molecule has 1 amide bonds. The van der Waals surface area contributed by atoms with Crippen molar-refractivity contribution in [3.8, 4) is 0 Å². The highest BCUT2D eigenvalue weighted by Gasteiger charge is 2.31. The molecule has 0 aliphatic carbocycles. The van der Waals surface area contributed by atoms with E-state index in [1.165, 1.54) is 4.31 Å². The van der Waals surface area contributed by atoms with E-state index in [2.05, 4.69) is 5.32 Å². The topological polar surface area (TPSA) is 75.7 Å². The molecule has 0 aromatic heterocycles. The molecule has 2 rings (SSSR count). The van der Waals surface area contributed by atoms with Crippen LogP contribution in [-0.2, 0) is 25.3 Å². The molecular weight excluding hydrogens is 328 g/mol. The zero-order valence-corrected chi connectivity index (χ0v) is 15.1. The number of nitrogens with zero attached hydrogens (tertiary/aromatic N) is 1. The lowest BCUT2D eigenvalue weighted by molar-refractivity contribution is -0.126. The Bertz CT molecular complexity index is 652. The van der Waals surface area contributed by atoms with Crippen molar-refractivity contribution < 1.29 is 17.9 Å². The second-order valence-electron chi connectivity index (χ2n) is 6.14. The van der Waals surface area contributed by atoms with E-state index in [4.69, 9.17) is 4.74 Å². The summed E-state index contributed by atoms with van der Waals surface area (Å²) in [4.78, 5) is 12.0. The van der Waals surface area contributed by atoms with Gasteiger partial charge in [-0.05, 0) is 30.9 Å². The number of piperidine rings is 1. The number of nitrogens with one attached hydrogen (secondary N) is 1. The van der Waals surface area contributed by atoms with Gasteiger partial charge in [-0.25, -0.2) is 12.7 Å². The molecule has 134 valence electrons. The van der Waals surface area contributed by atoms with Crippen molar-refractivity contribution in [2.45, 2.75) is 25.5 Å². The first-order valence-corrected chi connectivity index (χ1v) is 9.84. The molecule has 1 heterocycles. The van der Waals surface area contributed by atoms with Crippen LogP contribution in [0.5, 0.6) is 0 Å². The molecule has 1 aliphatic rings. The summed E-state index contributed by atoms with van der Waals surface area (Å²) < 4.78 is 31.6. The fourth-order valence-electron chi connectivity index (χ4n) is 2.88. The fraction of sp³-hybridized carbons (Fsp3) is 0.588. The first-order chi connectivity index (χ1) is 11.4. The van der Waals surface area contributed by atoms with Crippen LogP contribution in [0.25, 0.3) is 0 Å². The molecule has 1 N–H and O–H groups in total. The summed E-state index contributed by atoms with van der Waals surface area (Å²) in [5.74, 6) is -0.112. The van der Waals surface area contributed by atoms with Crippen LogP contribution in [0.4, 0.5) is 0 Å². The molecule has 1 aromatic carbocycles. The second-order valence-corrected chi connectivity index (χ2v) is 8.11. The molecular formula is C17H26N2O4S. The summed E-state index contributed by atoms with van der Waals surface area (Å²) in [7, 11) is -1.76. The van der Waals surface area contributed by atoms with E-state index in [-0.39, 0.29) is 17.6 Å². The maximum absolute atomic E-state index is 12.6. The van der Waals surface area contributed by atoms with E-state index in [0.29, 0.717) is 39.1 Å². The average molecular weight is 354 g/mol. The minimum absolute atomic E-state index is 0.0111. The minimum atomic E-state index is -3.35. The molecule has 0 spiro atoms. The van der Waals surface area contributed by atoms with Gasteiger partial charge in [-0.2, -0.15) is 0 Å². The Balaban J connectivity index is 1.89. The Morgan fingerprint density at radius 1 is 1.29 bits per heavy atom. The molecule has 7 heteroatoms. The number of hydrogen-bond acceptors (Lipinski definition) is 4. The first-order valence-electron chi connectivity index (χ1n) is 8.23. The van der Waals surface area contributed by atoms with Gasteiger partial charge < -0.3 is 10.1 Å². The number of amides is 1. The maximum Gasteiger partial charge on any atom is 0.223 e. The number of sulfonamides is 1. The van der Waals surface area contributed by atoms with Gasteiger partial charge in [0.05, 0.1) is 12.4 Å². The molecule has 1 aromatic rings. The Morgan fingerprint density at radius 3 is 2.58 bits per heavy atom. The third-order valence-corrected chi connectivity index (χ3v) is 6.25. The van der Waals surface area contributed by atoms with E-state index in [9.17, 15) is 13.2 Å². The molecule has 1 fully saturated rings. The zero-order chi connectivity index (χ0) is 17.6. The van der Waals surface area contributed by atoms with Crippen molar-refractivity contribution >= 4 is 15.9 Å². The van der Waals surface area contributed by atoms with Gasteiger partial charge in [0.15, 0.2) is 0 Å². The van der Waals surface area contributed by atoms with Crippen LogP contribution in [-0.4, -0.2) is 52.0 Å². The highest BCUT2D eigenvalue weighted by Crippen LogP contribution is 2.22. The smallest absolute Gasteiger partial charge is 0.223 e. The third kappa shape index (κ3) is 5.03. The largest absolute Gasteiger partial charge is 0.383 e. The molecule has 0 saturated carbocycles. The van der Waals surface area contributed by atoms with E-state index in [1.807, 2.05) is 31.2 Å². The first kappa shape index (κ1) is 18.9. The average Bonchev–Trinajstić information content (AvgIpc) is 2.57. The molecule has 0 radical (unpaired) electrons. The second kappa shape index (κ2) is 8.60. The maximum atomic E-state index is 12.6. The lowest BCUT2D eigenvalue weighted by Gasteiger charge is -2.30. The molecule has 6 nitrogen and oxygen atoms in total. The van der Waals surface area contributed by atoms with E-state index < -0.39 is 10.0 Å². The summed E-state index contributed by atoms with van der Waals surface area (Å²) in [6, 6.07) is 7.53. The predicted octanol–water partition coefficient (Wildman–Crippen LogP) is 1.30. The standard InChI is InChI=1S/C17H26N2O4S/c1-14-5-3-4-6-16(14)13-24(21,22)19-10-7-15(8-11-19)17(20)18-9-12-23-2/h3-6,15H,7-13H2,1-2H3,(H,18,20). The van der Waals surface area contributed by atoms with Crippen LogP contribution in [0.1, 0.15) is 24.0 Å². The SMILES string of the molecule is COCCNC(=O)C1CCN(S(=O)(=O)Cc2ccccc2C)CC1. The third-order valence-electron chi connectivity index (χ3n) is 4.42. The number of carbonyl (C=O) groups is 1. The number of benzene rings is 1. The number of carbonyl (C=O) groups excluding carboxylic acids is 1. The molecule has 0 unspecified atom stereocenters. The summed E-state index contributed by atoms with van der Waals surface area (Å²) in [5.41, 5.74) is 1.81. The molecule has 0 bridgehead atoms. The lowest BCUT2D eigenvalue weighted by atomic mass is 9.97. The number of rotatable bonds is 7. The lowest BCUT2D eigenvalue weighted by Crippen LogP contribution is -2.43. The molecule has 1 saturated heterocycles.